The molecular weight excluding hydrogens is 338 g/mol. The Morgan fingerprint density at radius 2 is 2.16 bits per heavy atom. The number of thiazole rings is 1. The van der Waals surface area contributed by atoms with Crippen molar-refractivity contribution in [3.8, 4) is 5.75 Å². The van der Waals surface area contributed by atoms with Crippen LogP contribution in [0.3, 0.4) is 0 Å². The zero-order valence-corrected chi connectivity index (χ0v) is 14.6. The summed E-state index contributed by atoms with van der Waals surface area (Å²) in [5.74, 6) is 0.580. The van der Waals surface area contributed by atoms with E-state index in [9.17, 15) is 14.7 Å². The lowest BCUT2D eigenvalue weighted by atomic mass is 9.80. The Labute approximate surface area is 150 Å². The van der Waals surface area contributed by atoms with Gasteiger partial charge in [0.05, 0.1) is 11.7 Å². The largest absolute Gasteiger partial charge is 0.508 e. The molecular formula is C18H21N3O3S. The van der Waals surface area contributed by atoms with Gasteiger partial charge in [0.15, 0.2) is 0 Å². The molecule has 0 bridgehead atoms. The summed E-state index contributed by atoms with van der Waals surface area (Å²) in [7, 11) is 0. The molecule has 132 valence electrons. The van der Waals surface area contributed by atoms with Gasteiger partial charge >= 0.3 is 0 Å². The summed E-state index contributed by atoms with van der Waals surface area (Å²) in [6.07, 6.45) is 4.36. The molecule has 25 heavy (non-hydrogen) atoms. The molecule has 7 heteroatoms. The van der Waals surface area contributed by atoms with Crippen LogP contribution in [0, 0.1) is 5.92 Å². The van der Waals surface area contributed by atoms with E-state index in [2.05, 4.69) is 15.6 Å². The number of nitrogens with zero attached hydrogens (tertiary/aromatic N) is 1. The Balaban J connectivity index is 1.30. The second kappa shape index (κ2) is 8.11. The third kappa shape index (κ3) is 5.03. The minimum atomic E-state index is -0.0684. The number of rotatable bonds is 7. The maximum atomic E-state index is 11.9. The first-order valence-corrected chi connectivity index (χ1v) is 9.22. The Morgan fingerprint density at radius 3 is 2.88 bits per heavy atom. The van der Waals surface area contributed by atoms with Gasteiger partial charge in [-0.3, -0.25) is 14.6 Å². The molecule has 1 heterocycles. The highest BCUT2D eigenvalue weighted by Crippen LogP contribution is 2.27. The quantitative estimate of drug-likeness (QED) is 0.706. The van der Waals surface area contributed by atoms with Crippen molar-refractivity contribution in [1.29, 1.82) is 0 Å². The van der Waals surface area contributed by atoms with Gasteiger partial charge in [-0.1, -0.05) is 12.1 Å². The lowest BCUT2D eigenvalue weighted by Gasteiger charge is -2.35. The fourth-order valence-corrected chi connectivity index (χ4v) is 3.44. The molecule has 0 saturated heterocycles. The standard InChI is InChI=1S/C18H21N3O3S/c22-15-3-1-2-12(8-15)4-5-17(23)20-9-13-6-14(7-13)21-18(24)16-10-19-11-25-16/h1-3,8,10-11,13-14,22H,4-7,9H2,(H,20,23)(H,21,24). The van der Waals surface area contributed by atoms with Crippen LogP contribution in [0.2, 0.25) is 0 Å². The summed E-state index contributed by atoms with van der Waals surface area (Å²) in [6, 6.07) is 7.15. The molecule has 1 aliphatic carbocycles. The minimum Gasteiger partial charge on any atom is -0.508 e. The maximum absolute atomic E-state index is 11.9. The van der Waals surface area contributed by atoms with Crippen molar-refractivity contribution in [1.82, 2.24) is 15.6 Å². The predicted molar refractivity (Wildman–Crippen MR) is 95.5 cm³/mol. The number of amides is 2. The smallest absolute Gasteiger partial charge is 0.263 e. The van der Waals surface area contributed by atoms with E-state index >= 15 is 0 Å². The van der Waals surface area contributed by atoms with Crippen LogP contribution >= 0.6 is 11.3 Å². The van der Waals surface area contributed by atoms with Gasteiger partial charge in [0, 0.05) is 19.0 Å². The average Bonchev–Trinajstić information content (AvgIpc) is 3.09. The van der Waals surface area contributed by atoms with Crippen LogP contribution in [0.4, 0.5) is 0 Å². The molecule has 6 nitrogen and oxygen atoms in total. The van der Waals surface area contributed by atoms with E-state index in [1.54, 1.807) is 29.9 Å². The normalized spacial score (nSPS) is 19.0. The summed E-state index contributed by atoms with van der Waals surface area (Å²) >= 11 is 1.33. The van der Waals surface area contributed by atoms with Gasteiger partial charge in [0.1, 0.15) is 10.6 Å². The highest BCUT2D eigenvalue weighted by atomic mass is 32.1. The van der Waals surface area contributed by atoms with Crippen LogP contribution in [0.25, 0.3) is 0 Å². The molecule has 2 aromatic rings. The van der Waals surface area contributed by atoms with Gasteiger partial charge < -0.3 is 15.7 Å². The first kappa shape index (κ1) is 17.4. The summed E-state index contributed by atoms with van der Waals surface area (Å²) in [5.41, 5.74) is 2.59. The Kier molecular flexibility index (Phi) is 5.65. The fourth-order valence-electron chi connectivity index (χ4n) is 2.92. The molecule has 3 rings (SSSR count). The number of hydrogen-bond donors (Lipinski definition) is 3. The van der Waals surface area contributed by atoms with Crippen LogP contribution in [-0.4, -0.2) is 34.5 Å². The van der Waals surface area contributed by atoms with Gasteiger partial charge in [-0.15, -0.1) is 11.3 Å². The highest BCUT2D eigenvalue weighted by Gasteiger charge is 2.30. The summed E-state index contributed by atoms with van der Waals surface area (Å²) in [5, 5.41) is 15.3. The van der Waals surface area contributed by atoms with E-state index in [0.29, 0.717) is 30.2 Å². The number of nitrogens with one attached hydrogen (secondary N) is 2. The Hall–Kier alpha value is -2.41. The molecule has 1 aromatic carbocycles. The topological polar surface area (TPSA) is 91.3 Å². The Morgan fingerprint density at radius 1 is 1.32 bits per heavy atom. The molecule has 2 amide bonds. The lowest BCUT2D eigenvalue weighted by molar-refractivity contribution is -0.121. The predicted octanol–water partition coefficient (Wildman–Crippen LogP) is 2.11. The van der Waals surface area contributed by atoms with Crippen molar-refractivity contribution in [2.75, 3.05) is 6.54 Å². The van der Waals surface area contributed by atoms with Gasteiger partial charge in [-0.05, 0) is 42.9 Å². The number of aryl methyl sites for hydroxylation is 1. The molecule has 0 aliphatic heterocycles. The molecule has 1 aromatic heterocycles. The fraction of sp³-hybridized carbons (Fsp3) is 0.389. The maximum Gasteiger partial charge on any atom is 0.263 e. The summed E-state index contributed by atoms with van der Waals surface area (Å²) in [4.78, 5) is 28.3. The van der Waals surface area contributed by atoms with Crippen molar-refractivity contribution < 1.29 is 14.7 Å². The first-order chi connectivity index (χ1) is 12.1. The van der Waals surface area contributed by atoms with E-state index < -0.39 is 0 Å². The number of aromatic hydroxyl groups is 1. The van der Waals surface area contributed by atoms with Crippen molar-refractivity contribution in [2.45, 2.75) is 31.7 Å². The second-order valence-electron chi connectivity index (χ2n) is 6.35. The van der Waals surface area contributed by atoms with Crippen molar-refractivity contribution >= 4 is 23.2 Å². The monoisotopic (exact) mass is 359 g/mol. The van der Waals surface area contributed by atoms with Crippen molar-refractivity contribution in [3.05, 3.63) is 46.4 Å². The molecule has 3 N–H and O–H groups in total. The van der Waals surface area contributed by atoms with E-state index in [0.717, 1.165) is 18.4 Å². The third-order valence-corrected chi connectivity index (χ3v) is 5.14. The van der Waals surface area contributed by atoms with Crippen LogP contribution < -0.4 is 10.6 Å². The molecule has 1 fully saturated rings. The zero-order chi connectivity index (χ0) is 17.6. The first-order valence-electron chi connectivity index (χ1n) is 8.34. The molecule has 1 aliphatic rings. The van der Waals surface area contributed by atoms with Gasteiger partial charge in [0.25, 0.3) is 5.91 Å². The number of carbonyl (C=O) groups excluding carboxylic acids is 2. The van der Waals surface area contributed by atoms with Gasteiger partial charge in [-0.2, -0.15) is 0 Å². The van der Waals surface area contributed by atoms with E-state index in [-0.39, 0.29) is 23.6 Å². The van der Waals surface area contributed by atoms with Gasteiger partial charge in [0.2, 0.25) is 5.91 Å². The SMILES string of the molecule is O=C(CCc1cccc(O)c1)NCC1CC(NC(=O)c2cncs2)C1. The third-order valence-electron chi connectivity index (χ3n) is 4.37. The second-order valence-corrected chi connectivity index (χ2v) is 7.23. The summed E-state index contributed by atoms with van der Waals surface area (Å²) in [6.45, 7) is 0.645. The number of aromatic nitrogens is 1. The highest BCUT2D eigenvalue weighted by molar-refractivity contribution is 7.11. The number of benzene rings is 1. The Bertz CT molecular complexity index is 727. The van der Waals surface area contributed by atoms with E-state index in [1.807, 2.05) is 6.07 Å². The molecule has 1 saturated carbocycles. The molecule has 0 spiro atoms. The lowest BCUT2D eigenvalue weighted by Crippen LogP contribution is -2.47. The average molecular weight is 359 g/mol. The van der Waals surface area contributed by atoms with Crippen LogP contribution in [-0.2, 0) is 11.2 Å². The zero-order valence-electron chi connectivity index (χ0n) is 13.8. The van der Waals surface area contributed by atoms with Crippen molar-refractivity contribution in [2.24, 2.45) is 5.92 Å². The van der Waals surface area contributed by atoms with Crippen LogP contribution in [0.1, 0.15) is 34.5 Å². The van der Waals surface area contributed by atoms with Gasteiger partial charge in [-0.25, -0.2) is 0 Å². The number of phenols is 1. The van der Waals surface area contributed by atoms with Crippen molar-refractivity contribution in [3.63, 3.8) is 0 Å². The number of phenolic OH excluding ortho intramolecular Hbond substituents is 1. The van der Waals surface area contributed by atoms with Crippen LogP contribution in [0.15, 0.2) is 36.0 Å². The molecule has 0 atom stereocenters. The minimum absolute atomic E-state index is 0.0143. The van der Waals surface area contributed by atoms with E-state index in [1.165, 1.54) is 11.3 Å². The summed E-state index contributed by atoms with van der Waals surface area (Å²) < 4.78 is 0. The number of carbonyl (C=O) groups is 2. The van der Waals surface area contributed by atoms with Crippen LogP contribution in [0.5, 0.6) is 5.75 Å². The number of hydrogen-bond acceptors (Lipinski definition) is 5. The molecule has 0 unspecified atom stereocenters. The van der Waals surface area contributed by atoms with E-state index in [4.69, 9.17) is 0 Å². The molecule has 0 radical (unpaired) electrons.